The molecule has 0 radical (unpaired) electrons. The molecule has 0 aliphatic rings. The van der Waals surface area contributed by atoms with Gasteiger partial charge in [0.2, 0.25) is 0 Å². The van der Waals surface area contributed by atoms with E-state index >= 15 is 0 Å². The summed E-state index contributed by atoms with van der Waals surface area (Å²) in [6.45, 7) is 0. The van der Waals surface area contributed by atoms with E-state index < -0.39 is 17.6 Å². The van der Waals surface area contributed by atoms with Crippen LogP contribution >= 0.6 is 11.3 Å². The van der Waals surface area contributed by atoms with Gasteiger partial charge < -0.3 is 5.11 Å². The highest BCUT2D eigenvalue weighted by molar-refractivity contribution is 7.09. The van der Waals surface area contributed by atoms with E-state index in [9.17, 15) is 13.6 Å². The lowest BCUT2D eigenvalue weighted by Gasteiger charge is -1.97. The molecule has 0 atom stereocenters. The molecule has 1 N–H and O–H groups in total. The normalized spacial score (nSPS) is 10.6. The Balaban J connectivity index is 2.18. The standard InChI is InChI=1S/C12H9F2NO2S/c13-8-2-1-7(5-9(8)14)10-6-18-11(15-10)3-4-12(16)17/h1-2,5-6H,3-4H2,(H,16,17). The van der Waals surface area contributed by atoms with E-state index in [0.717, 1.165) is 12.1 Å². The van der Waals surface area contributed by atoms with Gasteiger partial charge in [-0.1, -0.05) is 0 Å². The average Bonchev–Trinajstić information content (AvgIpc) is 2.79. The Hall–Kier alpha value is -1.82. The van der Waals surface area contributed by atoms with Crippen molar-refractivity contribution < 1.29 is 18.7 Å². The Morgan fingerprint density at radius 3 is 2.78 bits per heavy atom. The number of aryl methyl sites for hydroxylation is 1. The number of carbonyl (C=O) groups is 1. The molecule has 0 aliphatic heterocycles. The largest absolute Gasteiger partial charge is 0.481 e. The molecule has 0 unspecified atom stereocenters. The highest BCUT2D eigenvalue weighted by Gasteiger charge is 2.09. The average molecular weight is 269 g/mol. The number of aromatic nitrogens is 1. The molecule has 0 saturated carbocycles. The quantitative estimate of drug-likeness (QED) is 0.927. The lowest BCUT2D eigenvalue weighted by Crippen LogP contribution is -1.96. The molecule has 94 valence electrons. The van der Waals surface area contributed by atoms with Gasteiger partial charge in [0.15, 0.2) is 11.6 Å². The van der Waals surface area contributed by atoms with Crippen LogP contribution in [0.3, 0.4) is 0 Å². The summed E-state index contributed by atoms with van der Waals surface area (Å²) in [5, 5.41) is 10.9. The summed E-state index contributed by atoms with van der Waals surface area (Å²) in [6.07, 6.45) is 0.342. The zero-order valence-corrected chi connectivity index (χ0v) is 10.0. The third kappa shape index (κ3) is 2.89. The molecule has 0 spiro atoms. The maximum absolute atomic E-state index is 13.0. The van der Waals surface area contributed by atoms with Gasteiger partial charge in [-0.2, -0.15) is 0 Å². The third-order valence-electron chi connectivity index (χ3n) is 2.32. The van der Waals surface area contributed by atoms with Gasteiger partial charge in [-0.25, -0.2) is 13.8 Å². The van der Waals surface area contributed by atoms with Crippen molar-refractivity contribution in [2.75, 3.05) is 0 Å². The van der Waals surface area contributed by atoms with Crippen molar-refractivity contribution in [1.82, 2.24) is 4.98 Å². The number of aliphatic carboxylic acids is 1. The van der Waals surface area contributed by atoms with E-state index in [1.807, 2.05) is 0 Å². The number of benzene rings is 1. The van der Waals surface area contributed by atoms with Crippen LogP contribution in [0.25, 0.3) is 11.3 Å². The van der Waals surface area contributed by atoms with Crippen LogP contribution in [-0.2, 0) is 11.2 Å². The van der Waals surface area contributed by atoms with Gasteiger partial charge in [0.25, 0.3) is 0 Å². The van der Waals surface area contributed by atoms with Crippen LogP contribution in [0.1, 0.15) is 11.4 Å². The summed E-state index contributed by atoms with van der Waals surface area (Å²) in [4.78, 5) is 14.6. The van der Waals surface area contributed by atoms with Crippen LogP contribution in [0.15, 0.2) is 23.6 Å². The molecule has 0 amide bonds. The fraction of sp³-hybridized carbons (Fsp3) is 0.167. The second-order valence-corrected chi connectivity index (χ2v) is 4.59. The van der Waals surface area contributed by atoms with Gasteiger partial charge in [0.1, 0.15) is 0 Å². The Labute approximate surface area is 106 Å². The van der Waals surface area contributed by atoms with Crippen LogP contribution in [0.5, 0.6) is 0 Å². The summed E-state index contributed by atoms with van der Waals surface area (Å²) in [5.41, 5.74) is 1.01. The monoisotopic (exact) mass is 269 g/mol. The Morgan fingerprint density at radius 1 is 1.33 bits per heavy atom. The first-order valence-electron chi connectivity index (χ1n) is 5.18. The maximum atomic E-state index is 13.0. The minimum atomic E-state index is -0.924. The fourth-order valence-electron chi connectivity index (χ4n) is 1.43. The smallest absolute Gasteiger partial charge is 0.303 e. The predicted octanol–water partition coefficient (Wildman–Crippen LogP) is 3.11. The Bertz CT molecular complexity index is 583. The summed E-state index contributed by atoms with van der Waals surface area (Å²) in [5.74, 6) is -2.72. The van der Waals surface area contributed by atoms with E-state index in [1.54, 1.807) is 5.38 Å². The van der Waals surface area contributed by atoms with E-state index in [-0.39, 0.29) is 6.42 Å². The summed E-state index contributed by atoms with van der Waals surface area (Å²) in [6, 6.07) is 3.56. The molecule has 0 bridgehead atoms. The first-order chi connectivity index (χ1) is 8.56. The SMILES string of the molecule is O=C(O)CCc1nc(-c2ccc(F)c(F)c2)cs1. The van der Waals surface area contributed by atoms with E-state index in [4.69, 9.17) is 5.11 Å². The lowest BCUT2D eigenvalue weighted by atomic mass is 10.1. The zero-order chi connectivity index (χ0) is 13.1. The van der Waals surface area contributed by atoms with E-state index in [1.165, 1.54) is 17.4 Å². The van der Waals surface area contributed by atoms with Crippen molar-refractivity contribution in [1.29, 1.82) is 0 Å². The van der Waals surface area contributed by atoms with Crippen molar-refractivity contribution in [3.05, 3.63) is 40.2 Å². The Kier molecular flexibility index (Phi) is 3.66. The number of rotatable bonds is 4. The molecule has 18 heavy (non-hydrogen) atoms. The van der Waals surface area contributed by atoms with Crippen LogP contribution in [0, 0.1) is 11.6 Å². The first kappa shape index (κ1) is 12.6. The Morgan fingerprint density at radius 2 is 2.11 bits per heavy atom. The van der Waals surface area contributed by atoms with Crippen molar-refractivity contribution in [3.63, 3.8) is 0 Å². The number of carboxylic acids is 1. The first-order valence-corrected chi connectivity index (χ1v) is 6.06. The topological polar surface area (TPSA) is 50.2 Å². The van der Waals surface area contributed by atoms with Crippen LogP contribution in [0.4, 0.5) is 8.78 Å². The lowest BCUT2D eigenvalue weighted by molar-refractivity contribution is -0.136. The number of halogens is 2. The van der Waals surface area contributed by atoms with E-state index in [2.05, 4.69) is 4.98 Å². The molecule has 0 saturated heterocycles. The maximum Gasteiger partial charge on any atom is 0.303 e. The van der Waals surface area contributed by atoms with Crippen molar-refractivity contribution >= 4 is 17.3 Å². The molecular weight excluding hydrogens is 260 g/mol. The van der Waals surface area contributed by atoms with Gasteiger partial charge in [-0.3, -0.25) is 4.79 Å². The van der Waals surface area contributed by atoms with Gasteiger partial charge in [0.05, 0.1) is 17.1 Å². The summed E-state index contributed by atoms with van der Waals surface area (Å²) >= 11 is 1.31. The van der Waals surface area contributed by atoms with Gasteiger partial charge in [0, 0.05) is 17.4 Å². The number of thiazole rings is 1. The van der Waals surface area contributed by atoms with Crippen LogP contribution < -0.4 is 0 Å². The highest BCUT2D eigenvalue weighted by atomic mass is 32.1. The zero-order valence-electron chi connectivity index (χ0n) is 9.19. The third-order valence-corrected chi connectivity index (χ3v) is 3.23. The number of hydrogen-bond donors (Lipinski definition) is 1. The molecule has 2 rings (SSSR count). The van der Waals surface area contributed by atoms with Crippen molar-refractivity contribution in [2.24, 2.45) is 0 Å². The molecule has 1 heterocycles. The second kappa shape index (κ2) is 5.22. The molecular formula is C12H9F2NO2S. The fourth-order valence-corrected chi connectivity index (χ4v) is 2.24. The summed E-state index contributed by atoms with van der Waals surface area (Å²) in [7, 11) is 0. The minimum absolute atomic E-state index is 0.00469. The molecule has 1 aromatic heterocycles. The van der Waals surface area contributed by atoms with Crippen LogP contribution in [-0.4, -0.2) is 16.1 Å². The van der Waals surface area contributed by atoms with Crippen molar-refractivity contribution in [3.8, 4) is 11.3 Å². The van der Waals surface area contributed by atoms with Crippen molar-refractivity contribution in [2.45, 2.75) is 12.8 Å². The molecule has 0 fully saturated rings. The number of carboxylic acid groups (broad SMARTS) is 1. The molecule has 3 nitrogen and oxygen atoms in total. The van der Waals surface area contributed by atoms with Gasteiger partial charge in [-0.05, 0) is 18.2 Å². The molecule has 1 aromatic carbocycles. The molecule has 0 aliphatic carbocycles. The highest BCUT2D eigenvalue weighted by Crippen LogP contribution is 2.24. The summed E-state index contributed by atoms with van der Waals surface area (Å²) < 4.78 is 25.8. The van der Waals surface area contributed by atoms with Crippen LogP contribution in [0.2, 0.25) is 0 Å². The molecule has 6 heteroatoms. The van der Waals surface area contributed by atoms with Gasteiger partial charge >= 0.3 is 5.97 Å². The number of hydrogen-bond acceptors (Lipinski definition) is 3. The number of nitrogens with zero attached hydrogens (tertiary/aromatic N) is 1. The second-order valence-electron chi connectivity index (χ2n) is 3.65. The minimum Gasteiger partial charge on any atom is -0.481 e. The van der Waals surface area contributed by atoms with E-state index in [0.29, 0.717) is 22.7 Å². The molecule has 2 aromatic rings. The van der Waals surface area contributed by atoms with Gasteiger partial charge in [-0.15, -0.1) is 11.3 Å². The predicted molar refractivity (Wildman–Crippen MR) is 63.4 cm³/mol.